The first-order valence-electron chi connectivity index (χ1n) is 4.43. The topological polar surface area (TPSA) is 55.1 Å². The van der Waals surface area contributed by atoms with Gasteiger partial charge in [-0.25, -0.2) is 0 Å². The van der Waals surface area contributed by atoms with Gasteiger partial charge in [0.15, 0.2) is 0 Å². The van der Waals surface area contributed by atoms with Crippen molar-refractivity contribution in [1.82, 2.24) is 0 Å². The summed E-state index contributed by atoms with van der Waals surface area (Å²) in [5, 5.41) is 2.75. The van der Waals surface area contributed by atoms with E-state index >= 15 is 0 Å². The third kappa shape index (κ3) is 2.62. The number of carbonyl (C=O) groups is 1. The summed E-state index contributed by atoms with van der Waals surface area (Å²) in [6, 6.07) is 7.10. The lowest BCUT2D eigenvalue weighted by atomic mass is 10.2. The molecule has 1 amide bonds. The van der Waals surface area contributed by atoms with E-state index in [4.69, 9.17) is 5.73 Å². The second-order valence-electron chi connectivity index (χ2n) is 3.05. The lowest BCUT2D eigenvalue weighted by Crippen LogP contribution is -2.12. The average molecular weight is 190 g/mol. The Bertz CT molecular complexity index is 369. The number of allylic oxidation sites excluding steroid dienone is 1. The summed E-state index contributed by atoms with van der Waals surface area (Å²) < 4.78 is 0. The number of benzene rings is 1. The predicted octanol–water partition coefficient (Wildman–Crippen LogP) is 2.17. The van der Waals surface area contributed by atoms with Gasteiger partial charge in [-0.15, -0.1) is 0 Å². The van der Waals surface area contributed by atoms with Gasteiger partial charge in [-0.2, -0.15) is 0 Å². The Morgan fingerprint density at radius 1 is 1.50 bits per heavy atom. The van der Waals surface area contributed by atoms with Crippen LogP contribution in [0, 0.1) is 0 Å². The molecule has 0 spiro atoms. The van der Waals surface area contributed by atoms with Gasteiger partial charge in [-0.3, -0.25) is 4.79 Å². The zero-order valence-corrected chi connectivity index (χ0v) is 8.37. The molecule has 0 saturated heterocycles. The molecular weight excluding hydrogens is 176 g/mol. The van der Waals surface area contributed by atoms with Crippen molar-refractivity contribution in [2.75, 3.05) is 11.1 Å². The first-order chi connectivity index (χ1) is 6.63. The third-order valence-electron chi connectivity index (χ3n) is 1.94. The first-order valence-corrected chi connectivity index (χ1v) is 4.43. The summed E-state index contributed by atoms with van der Waals surface area (Å²) in [5.74, 6) is -0.0990. The zero-order chi connectivity index (χ0) is 10.6. The van der Waals surface area contributed by atoms with Crippen molar-refractivity contribution in [1.29, 1.82) is 0 Å². The zero-order valence-electron chi connectivity index (χ0n) is 8.37. The number of rotatable bonds is 2. The van der Waals surface area contributed by atoms with E-state index in [1.807, 2.05) is 6.92 Å². The van der Waals surface area contributed by atoms with Gasteiger partial charge < -0.3 is 11.1 Å². The highest BCUT2D eigenvalue weighted by Gasteiger charge is 2.02. The maximum atomic E-state index is 11.4. The molecule has 0 unspecified atom stereocenters. The molecule has 0 aliphatic carbocycles. The molecule has 1 aromatic rings. The lowest BCUT2D eigenvalue weighted by molar-refractivity contribution is -0.112. The fourth-order valence-electron chi connectivity index (χ4n) is 0.977. The van der Waals surface area contributed by atoms with Crippen LogP contribution >= 0.6 is 0 Å². The maximum Gasteiger partial charge on any atom is 0.250 e. The van der Waals surface area contributed by atoms with Crippen molar-refractivity contribution in [3.8, 4) is 0 Å². The van der Waals surface area contributed by atoms with Crippen LogP contribution < -0.4 is 11.1 Å². The second kappa shape index (κ2) is 4.46. The van der Waals surface area contributed by atoms with Gasteiger partial charge in [0, 0.05) is 16.9 Å². The highest BCUT2D eigenvalue weighted by molar-refractivity contribution is 6.03. The quantitative estimate of drug-likeness (QED) is 0.554. The van der Waals surface area contributed by atoms with Crippen LogP contribution in [-0.4, -0.2) is 5.91 Å². The molecule has 3 nitrogen and oxygen atoms in total. The molecule has 74 valence electrons. The summed E-state index contributed by atoms with van der Waals surface area (Å²) in [7, 11) is 0. The summed E-state index contributed by atoms with van der Waals surface area (Å²) >= 11 is 0. The monoisotopic (exact) mass is 190 g/mol. The van der Waals surface area contributed by atoms with Crippen molar-refractivity contribution in [2.45, 2.75) is 13.8 Å². The number of carbonyl (C=O) groups excluding carboxylic acids is 1. The number of nitrogens with two attached hydrogens (primary N) is 1. The largest absolute Gasteiger partial charge is 0.399 e. The van der Waals surface area contributed by atoms with Gasteiger partial charge in [0.2, 0.25) is 0 Å². The molecule has 0 radical (unpaired) electrons. The van der Waals surface area contributed by atoms with Crippen molar-refractivity contribution >= 4 is 17.3 Å². The molecule has 3 heteroatoms. The van der Waals surface area contributed by atoms with Gasteiger partial charge in [0.25, 0.3) is 5.91 Å². The highest BCUT2D eigenvalue weighted by Crippen LogP contribution is 2.12. The lowest BCUT2D eigenvalue weighted by Gasteiger charge is -2.05. The third-order valence-corrected chi connectivity index (χ3v) is 1.94. The Hall–Kier alpha value is -1.77. The van der Waals surface area contributed by atoms with Crippen molar-refractivity contribution < 1.29 is 4.79 Å². The van der Waals surface area contributed by atoms with Crippen LogP contribution in [0.3, 0.4) is 0 Å². The molecule has 0 aliphatic heterocycles. The van der Waals surface area contributed by atoms with E-state index in [9.17, 15) is 4.79 Å². The van der Waals surface area contributed by atoms with Crippen LogP contribution in [0.2, 0.25) is 0 Å². The summed E-state index contributed by atoms with van der Waals surface area (Å²) in [5.41, 5.74) is 7.62. The number of nitrogen functional groups attached to an aromatic ring is 1. The van der Waals surface area contributed by atoms with E-state index in [0.29, 0.717) is 11.3 Å². The standard InChI is InChI=1S/C11H14N2O/c1-3-8(2)11(14)13-10-6-4-5-9(12)7-10/h3-7H,12H2,1-2H3,(H,13,14)/b8-3+. The van der Waals surface area contributed by atoms with E-state index < -0.39 is 0 Å². The molecule has 14 heavy (non-hydrogen) atoms. The van der Waals surface area contributed by atoms with Crippen LogP contribution in [-0.2, 0) is 4.79 Å². The molecule has 1 rings (SSSR count). The number of amides is 1. The number of hydrogen-bond acceptors (Lipinski definition) is 2. The van der Waals surface area contributed by atoms with Crippen LogP contribution in [0.1, 0.15) is 13.8 Å². The maximum absolute atomic E-state index is 11.4. The van der Waals surface area contributed by atoms with Gasteiger partial charge in [-0.05, 0) is 32.0 Å². The van der Waals surface area contributed by atoms with Crippen LogP contribution in [0.25, 0.3) is 0 Å². The van der Waals surface area contributed by atoms with Crippen LogP contribution in [0.4, 0.5) is 11.4 Å². The van der Waals surface area contributed by atoms with Crippen LogP contribution in [0.15, 0.2) is 35.9 Å². The highest BCUT2D eigenvalue weighted by atomic mass is 16.1. The molecule has 0 saturated carbocycles. The van der Waals surface area contributed by atoms with E-state index in [-0.39, 0.29) is 5.91 Å². The minimum absolute atomic E-state index is 0.0990. The van der Waals surface area contributed by atoms with E-state index in [2.05, 4.69) is 5.32 Å². The fraction of sp³-hybridized carbons (Fsp3) is 0.182. The van der Waals surface area contributed by atoms with E-state index in [1.54, 1.807) is 37.3 Å². The predicted molar refractivity (Wildman–Crippen MR) is 58.9 cm³/mol. The normalized spacial score (nSPS) is 11.1. The average Bonchev–Trinajstić information content (AvgIpc) is 2.16. The van der Waals surface area contributed by atoms with Gasteiger partial charge >= 0.3 is 0 Å². The van der Waals surface area contributed by atoms with Crippen LogP contribution in [0.5, 0.6) is 0 Å². The smallest absolute Gasteiger partial charge is 0.250 e. The number of nitrogens with one attached hydrogen (secondary N) is 1. The molecule has 0 fully saturated rings. The summed E-state index contributed by atoms with van der Waals surface area (Å²) in [6.07, 6.45) is 1.77. The molecule has 0 aromatic heterocycles. The number of anilines is 2. The Morgan fingerprint density at radius 3 is 2.79 bits per heavy atom. The SMILES string of the molecule is C/C=C(\C)C(=O)Nc1cccc(N)c1. The van der Waals surface area contributed by atoms with Crippen molar-refractivity contribution in [3.05, 3.63) is 35.9 Å². The minimum Gasteiger partial charge on any atom is -0.399 e. The molecule has 0 heterocycles. The molecule has 1 aromatic carbocycles. The van der Waals surface area contributed by atoms with Gasteiger partial charge in [0.1, 0.15) is 0 Å². The van der Waals surface area contributed by atoms with Gasteiger partial charge in [0.05, 0.1) is 0 Å². The second-order valence-corrected chi connectivity index (χ2v) is 3.05. The molecule has 0 aliphatic rings. The fourth-order valence-corrected chi connectivity index (χ4v) is 0.977. The number of hydrogen-bond donors (Lipinski definition) is 2. The van der Waals surface area contributed by atoms with E-state index in [1.165, 1.54) is 0 Å². The van der Waals surface area contributed by atoms with E-state index in [0.717, 1.165) is 5.69 Å². The Labute approximate surface area is 83.6 Å². The molecule has 3 N–H and O–H groups in total. The minimum atomic E-state index is -0.0990. The Kier molecular flexibility index (Phi) is 3.29. The Balaban J connectivity index is 2.75. The molecule has 0 bridgehead atoms. The van der Waals surface area contributed by atoms with Crippen molar-refractivity contribution in [3.63, 3.8) is 0 Å². The molecule has 0 atom stereocenters. The van der Waals surface area contributed by atoms with Crippen molar-refractivity contribution in [2.24, 2.45) is 0 Å². The first kappa shape index (κ1) is 10.3. The van der Waals surface area contributed by atoms with Gasteiger partial charge in [-0.1, -0.05) is 12.1 Å². The molecular formula is C11H14N2O. The Morgan fingerprint density at radius 2 is 2.21 bits per heavy atom. The summed E-state index contributed by atoms with van der Waals surface area (Å²) in [6.45, 7) is 3.59. The summed E-state index contributed by atoms with van der Waals surface area (Å²) in [4.78, 5) is 11.4.